The van der Waals surface area contributed by atoms with E-state index in [1.165, 1.54) is 31.3 Å². The van der Waals surface area contributed by atoms with Crippen LogP contribution in [0.15, 0.2) is 199 Å². The predicted molar refractivity (Wildman–Crippen MR) is 235 cm³/mol. The van der Waals surface area contributed by atoms with Crippen LogP contribution in [0.3, 0.4) is 0 Å². The molecule has 0 unspecified atom stereocenters. The van der Waals surface area contributed by atoms with E-state index in [-0.39, 0.29) is 0 Å². The monoisotopic (exact) mass is 732 g/mol. The first-order chi connectivity index (χ1) is 27.7. The van der Waals surface area contributed by atoms with Gasteiger partial charge in [-0.05, 0) is 58.1 Å². The lowest BCUT2D eigenvalue weighted by atomic mass is 9.93. The number of para-hydroxylation sites is 1. The summed E-state index contributed by atoms with van der Waals surface area (Å²) in [6, 6.07) is 68.4. The van der Waals surface area contributed by atoms with Gasteiger partial charge in [0.25, 0.3) is 0 Å². The molecule has 0 spiro atoms. The summed E-state index contributed by atoms with van der Waals surface area (Å²) in [5.41, 5.74) is 13.5. The molecule has 0 N–H and O–H groups in total. The molecule has 0 amide bonds. The van der Waals surface area contributed by atoms with Gasteiger partial charge in [-0.15, -0.1) is 11.3 Å². The smallest absolute Gasteiger partial charge is 0.160 e. The van der Waals surface area contributed by atoms with E-state index in [1.807, 2.05) is 41.7 Å². The Bertz CT molecular complexity index is 3220. The average molecular weight is 733 g/mol. The van der Waals surface area contributed by atoms with Gasteiger partial charge < -0.3 is 4.42 Å². The van der Waals surface area contributed by atoms with Crippen molar-refractivity contribution >= 4 is 53.4 Å². The van der Waals surface area contributed by atoms with Crippen LogP contribution < -0.4 is 0 Å². The number of aromatic nitrogens is 2. The molecule has 0 saturated carbocycles. The molecule has 0 aliphatic rings. The van der Waals surface area contributed by atoms with Crippen LogP contribution in [0.2, 0.25) is 0 Å². The number of rotatable bonds is 6. The minimum Gasteiger partial charge on any atom is -0.455 e. The molecule has 3 aromatic heterocycles. The highest BCUT2D eigenvalue weighted by atomic mass is 32.1. The van der Waals surface area contributed by atoms with Crippen LogP contribution in [0.25, 0.3) is 109 Å². The molecule has 3 heterocycles. The summed E-state index contributed by atoms with van der Waals surface area (Å²) in [4.78, 5) is 10.2. The topological polar surface area (TPSA) is 38.9 Å². The third-order valence-electron chi connectivity index (χ3n) is 10.8. The third-order valence-corrected chi connectivity index (χ3v) is 11.9. The van der Waals surface area contributed by atoms with Crippen LogP contribution in [-0.4, -0.2) is 9.97 Å². The molecule has 0 atom stereocenters. The van der Waals surface area contributed by atoms with Gasteiger partial charge >= 0.3 is 0 Å². The molecule has 0 bridgehead atoms. The Balaban J connectivity index is 1.00. The van der Waals surface area contributed by atoms with Crippen LogP contribution in [0, 0.1) is 0 Å². The van der Waals surface area contributed by atoms with E-state index in [2.05, 4.69) is 164 Å². The first kappa shape index (κ1) is 32.3. The van der Waals surface area contributed by atoms with Crippen molar-refractivity contribution in [2.45, 2.75) is 0 Å². The summed E-state index contributed by atoms with van der Waals surface area (Å²) in [6.45, 7) is 0. The van der Waals surface area contributed by atoms with Gasteiger partial charge in [0, 0.05) is 53.2 Å². The van der Waals surface area contributed by atoms with Crippen LogP contribution >= 0.6 is 11.3 Å². The van der Waals surface area contributed by atoms with Gasteiger partial charge in [0.05, 0.1) is 11.4 Å². The lowest BCUT2D eigenvalue weighted by molar-refractivity contribution is 0.670. The van der Waals surface area contributed by atoms with Gasteiger partial charge in [-0.2, -0.15) is 0 Å². The SMILES string of the molecule is c1ccc(-c2ccc(-c3cc(-c4ccc(-c5ccc(-c6ccc7c(c6)sc6ccccc67)c6oc7ccccc7c56)cc4)nc(-c4ccccc4)n3)cc2)cc1. The van der Waals surface area contributed by atoms with Gasteiger partial charge in [0.1, 0.15) is 11.2 Å². The lowest BCUT2D eigenvalue weighted by Crippen LogP contribution is -1.96. The first-order valence-electron chi connectivity index (χ1n) is 18.8. The average Bonchev–Trinajstić information content (AvgIpc) is 3.85. The third kappa shape index (κ3) is 5.58. The van der Waals surface area contributed by atoms with Crippen LogP contribution in [0.4, 0.5) is 0 Å². The molecule has 0 saturated heterocycles. The lowest BCUT2D eigenvalue weighted by Gasteiger charge is -2.12. The maximum atomic E-state index is 6.69. The maximum Gasteiger partial charge on any atom is 0.160 e. The van der Waals surface area contributed by atoms with E-state index in [0.29, 0.717) is 5.82 Å². The number of benzene rings is 8. The second-order valence-corrected chi connectivity index (χ2v) is 15.2. The van der Waals surface area contributed by atoms with Crippen LogP contribution in [-0.2, 0) is 0 Å². The molecule has 0 radical (unpaired) electrons. The van der Waals surface area contributed by atoms with E-state index in [4.69, 9.17) is 14.4 Å². The second kappa shape index (κ2) is 13.3. The van der Waals surface area contributed by atoms with Gasteiger partial charge in [-0.25, -0.2) is 9.97 Å². The van der Waals surface area contributed by atoms with Crippen molar-refractivity contribution in [3.63, 3.8) is 0 Å². The maximum absolute atomic E-state index is 6.69. The van der Waals surface area contributed by atoms with Crippen LogP contribution in [0.1, 0.15) is 0 Å². The number of hydrogen-bond donors (Lipinski definition) is 0. The summed E-state index contributed by atoms with van der Waals surface area (Å²) < 4.78 is 9.28. The largest absolute Gasteiger partial charge is 0.455 e. The van der Waals surface area contributed by atoms with Crippen molar-refractivity contribution in [1.82, 2.24) is 9.97 Å². The molecule has 3 nitrogen and oxygen atoms in total. The van der Waals surface area contributed by atoms with Crippen molar-refractivity contribution in [2.24, 2.45) is 0 Å². The normalized spacial score (nSPS) is 11.6. The Labute approximate surface area is 327 Å². The highest BCUT2D eigenvalue weighted by Crippen LogP contribution is 2.44. The summed E-state index contributed by atoms with van der Waals surface area (Å²) in [5.74, 6) is 0.699. The molecule has 0 aliphatic carbocycles. The Morgan fingerprint density at radius 2 is 0.893 bits per heavy atom. The highest BCUT2D eigenvalue weighted by molar-refractivity contribution is 7.25. The number of hydrogen-bond acceptors (Lipinski definition) is 4. The fraction of sp³-hybridized carbons (Fsp3) is 0. The Kier molecular flexibility index (Phi) is 7.68. The number of fused-ring (bicyclic) bond motifs is 6. The molecular formula is C52H32N2OS. The van der Waals surface area contributed by atoms with Gasteiger partial charge in [0.15, 0.2) is 5.82 Å². The minimum absolute atomic E-state index is 0.699. The fourth-order valence-electron chi connectivity index (χ4n) is 7.93. The Morgan fingerprint density at radius 1 is 0.357 bits per heavy atom. The fourth-order valence-corrected chi connectivity index (χ4v) is 9.08. The highest BCUT2D eigenvalue weighted by Gasteiger charge is 2.19. The molecule has 56 heavy (non-hydrogen) atoms. The molecule has 11 rings (SSSR count). The van der Waals surface area contributed by atoms with E-state index >= 15 is 0 Å². The second-order valence-electron chi connectivity index (χ2n) is 14.1. The van der Waals surface area contributed by atoms with Crippen molar-refractivity contribution < 1.29 is 4.42 Å². The predicted octanol–water partition coefficient (Wildman–Crippen LogP) is 14.7. The Morgan fingerprint density at radius 3 is 1.62 bits per heavy atom. The van der Waals surface area contributed by atoms with Gasteiger partial charge in [-0.1, -0.05) is 164 Å². The summed E-state index contributed by atoms with van der Waals surface area (Å²) in [6.07, 6.45) is 0. The standard InChI is InChI=1S/C52H32N2OS/c1-3-11-33(12-4-1)34-19-23-36(24-20-34)45-32-46(54-52(53-45)38-13-5-2-6-14-38)37-25-21-35(22-26-37)40-29-30-41(51-50(40)44-16-7-9-17-47(44)55-51)39-27-28-43-42-15-8-10-18-48(42)56-49(43)31-39/h1-32H. The van der Waals surface area contributed by atoms with Crippen LogP contribution in [0.5, 0.6) is 0 Å². The molecule has 11 aromatic rings. The number of furan rings is 1. The zero-order valence-corrected chi connectivity index (χ0v) is 31.0. The van der Waals surface area contributed by atoms with Crippen molar-refractivity contribution in [3.8, 4) is 67.3 Å². The summed E-state index contributed by atoms with van der Waals surface area (Å²) in [7, 11) is 0. The molecule has 262 valence electrons. The number of nitrogens with zero attached hydrogens (tertiary/aromatic N) is 2. The molecule has 4 heteroatoms. The Hall–Kier alpha value is -7.14. The van der Waals surface area contributed by atoms with Gasteiger partial charge in [-0.3, -0.25) is 0 Å². The summed E-state index contributed by atoms with van der Waals surface area (Å²) >= 11 is 1.84. The molecule has 0 aliphatic heterocycles. The molecular weight excluding hydrogens is 701 g/mol. The van der Waals surface area contributed by atoms with Crippen molar-refractivity contribution in [2.75, 3.05) is 0 Å². The van der Waals surface area contributed by atoms with E-state index < -0.39 is 0 Å². The van der Waals surface area contributed by atoms with Crippen molar-refractivity contribution in [3.05, 3.63) is 194 Å². The number of thiophene rings is 1. The van der Waals surface area contributed by atoms with E-state index in [9.17, 15) is 0 Å². The molecule has 8 aromatic carbocycles. The molecule has 0 fully saturated rings. The summed E-state index contributed by atoms with van der Waals surface area (Å²) in [5, 5.41) is 4.83. The quantitative estimate of drug-likeness (QED) is 0.171. The zero-order chi connectivity index (χ0) is 37.0. The zero-order valence-electron chi connectivity index (χ0n) is 30.2. The minimum atomic E-state index is 0.699. The van der Waals surface area contributed by atoms with E-state index in [0.717, 1.165) is 72.3 Å². The van der Waals surface area contributed by atoms with Crippen molar-refractivity contribution in [1.29, 1.82) is 0 Å². The van der Waals surface area contributed by atoms with Gasteiger partial charge in [0.2, 0.25) is 0 Å². The first-order valence-corrected chi connectivity index (χ1v) is 19.6. The van der Waals surface area contributed by atoms with E-state index in [1.54, 1.807) is 0 Å².